The standard InChI is InChI=1S/C12H13ClN2O3S/c13-12-5-4-10(18-12)8-15-7-9-2-1-3-11(6-9)19(14,16)17/h1-6,15H,7-8H2,(H2,14,16,17). The summed E-state index contributed by atoms with van der Waals surface area (Å²) in [6, 6.07) is 9.91. The zero-order valence-corrected chi connectivity index (χ0v) is 11.5. The molecule has 3 N–H and O–H groups in total. The van der Waals surface area contributed by atoms with Crippen LogP contribution in [0.4, 0.5) is 0 Å². The monoisotopic (exact) mass is 300 g/mol. The van der Waals surface area contributed by atoms with Gasteiger partial charge in [-0.2, -0.15) is 0 Å². The van der Waals surface area contributed by atoms with Gasteiger partial charge in [-0.15, -0.1) is 0 Å². The van der Waals surface area contributed by atoms with Crippen LogP contribution in [-0.4, -0.2) is 8.42 Å². The van der Waals surface area contributed by atoms with Crippen molar-refractivity contribution in [3.05, 3.63) is 52.9 Å². The minimum absolute atomic E-state index is 0.104. The van der Waals surface area contributed by atoms with E-state index < -0.39 is 10.0 Å². The van der Waals surface area contributed by atoms with Crippen molar-refractivity contribution in [1.82, 2.24) is 5.32 Å². The van der Waals surface area contributed by atoms with Gasteiger partial charge in [0, 0.05) is 6.54 Å². The summed E-state index contributed by atoms with van der Waals surface area (Å²) >= 11 is 5.65. The highest BCUT2D eigenvalue weighted by atomic mass is 35.5. The van der Waals surface area contributed by atoms with Crippen LogP contribution in [0.1, 0.15) is 11.3 Å². The molecule has 0 unspecified atom stereocenters. The fraction of sp³-hybridized carbons (Fsp3) is 0.167. The highest BCUT2D eigenvalue weighted by Gasteiger charge is 2.07. The molecule has 102 valence electrons. The van der Waals surface area contributed by atoms with Crippen molar-refractivity contribution in [3.8, 4) is 0 Å². The van der Waals surface area contributed by atoms with Crippen LogP contribution in [0.15, 0.2) is 45.7 Å². The third-order valence-corrected chi connectivity index (χ3v) is 3.60. The van der Waals surface area contributed by atoms with E-state index in [0.29, 0.717) is 24.1 Å². The summed E-state index contributed by atoms with van der Waals surface area (Å²) in [6.45, 7) is 1.01. The summed E-state index contributed by atoms with van der Waals surface area (Å²) in [5.41, 5.74) is 0.823. The normalized spacial score (nSPS) is 11.7. The second kappa shape index (κ2) is 5.75. The average molecular weight is 301 g/mol. The zero-order valence-electron chi connectivity index (χ0n) is 9.97. The van der Waals surface area contributed by atoms with E-state index in [0.717, 1.165) is 5.56 Å². The number of primary sulfonamides is 1. The van der Waals surface area contributed by atoms with Crippen molar-refractivity contribution in [3.63, 3.8) is 0 Å². The first-order chi connectivity index (χ1) is 8.95. The van der Waals surface area contributed by atoms with Crippen LogP contribution in [0.3, 0.4) is 0 Å². The first-order valence-electron chi connectivity index (χ1n) is 5.52. The third kappa shape index (κ3) is 4.07. The average Bonchev–Trinajstić information content (AvgIpc) is 2.74. The number of hydrogen-bond acceptors (Lipinski definition) is 4. The second-order valence-electron chi connectivity index (χ2n) is 4.00. The summed E-state index contributed by atoms with van der Waals surface area (Å²) in [4.78, 5) is 0.104. The topological polar surface area (TPSA) is 85.3 Å². The lowest BCUT2D eigenvalue weighted by molar-refractivity contribution is 0.484. The van der Waals surface area contributed by atoms with Crippen molar-refractivity contribution in [1.29, 1.82) is 0 Å². The summed E-state index contributed by atoms with van der Waals surface area (Å²) in [5, 5.41) is 8.53. The Kier molecular flexibility index (Phi) is 4.26. The molecule has 1 aromatic heterocycles. The van der Waals surface area contributed by atoms with Gasteiger partial charge < -0.3 is 9.73 Å². The molecule has 0 amide bonds. The number of hydrogen-bond donors (Lipinski definition) is 2. The Hall–Kier alpha value is -1.34. The second-order valence-corrected chi connectivity index (χ2v) is 5.94. The molecule has 0 radical (unpaired) electrons. The molecule has 0 aliphatic heterocycles. The Balaban J connectivity index is 1.96. The van der Waals surface area contributed by atoms with Crippen LogP contribution in [-0.2, 0) is 23.1 Å². The fourth-order valence-corrected chi connectivity index (χ4v) is 2.36. The van der Waals surface area contributed by atoms with Gasteiger partial charge in [-0.1, -0.05) is 12.1 Å². The van der Waals surface area contributed by atoms with Gasteiger partial charge >= 0.3 is 0 Å². The molecule has 1 heterocycles. The number of sulfonamides is 1. The summed E-state index contributed by atoms with van der Waals surface area (Å²) in [5.74, 6) is 0.715. The van der Waals surface area contributed by atoms with Gasteiger partial charge in [0.1, 0.15) is 5.76 Å². The molecule has 0 saturated carbocycles. The highest BCUT2D eigenvalue weighted by Crippen LogP contribution is 2.13. The van der Waals surface area contributed by atoms with Crippen molar-refractivity contribution in [2.45, 2.75) is 18.0 Å². The van der Waals surface area contributed by atoms with Gasteiger partial charge in [0.2, 0.25) is 10.0 Å². The summed E-state index contributed by atoms with van der Waals surface area (Å²) in [6.07, 6.45) is 0. The first-order valence-corrected chi connectivity index (χ1v) is 7.44. The van der Waals surface area contributed by atoms with Gasteiger partial charge in [-0.25, -0.2) is 13.6 Å². The molecule has 0 fully saturated rings. The van der Waals surface area contributed by atoms with Crippen molar-refractivity contribution < 1.29 is 12.8 Å². The number of nitrogens with one attached hydrogen (secondary N) is 1. The molecule has 1 aromatic carbocycles. The van der Waals surface area contributed by atoms with E-state index >= 15 is 0 Å². The van der Waals surface area contributed by atoms with Crippen LogP contribution in [0.5, 0.6) is 0 Å². The molecule has 0 aliphatic carbocycles. The number of furan rings is 1. The van der Waals surface area contributed by atoms with Crippen LogP contribution in [0.2, 0.25) is 5.22 Å². The smallest absolute Gasteiger partial charge is 0.238 e. The molecule has 2 aromatic rings. The SMILES string of the molecule is NS(=O)(=O)c1cccc(CNCc2ccc(Cl)o2)c1. The van der Waals surface area contributed by atoms with Gasteiger partial charge in [0.05, 0.1) is 11.4 Å². The Morgan fingerprint density at radius 3 is 2.63 bits per heavy atom. The molecule has 0 atom stereocenters. The Bertz CT molecular complexity index is 667. The van der Waals surface area contributed by atoms with E-state index in [1.807, 2.05) is 6.07 Å². The molecule has 0 saturated heterocycles. The Morgan fingerprint density at radius 1 is 1.21 bits per heavy atom. The van der Waals surface area contributed by atoms with Gasteiger partial charge in [0.25, 0.3) is 0 Å². The van der Waals surface area contributed by atoms with Gasteiger partial charge in [-0.3, -0.25) is 0 Å². The lowest BCUT2D eigenvalue weighted by Crippen LogP contribution is -2.15. The lowest BCUT2D eigenvalue weighted by Gasteiger charge is -2.05. The van der Waals surface area contributed by atoms with Crippen molar-refractivity contribution in [2.24, 2.45) is 5.14 Å². The zero-order chi connectivity index (χ0) is 13.9. The molecule has 7 heteroatoms. The van der Waals surface area contributed by atoms with Crippen LogP contribution < -0.4 is 10.5 Å². The maximum atomic E-state index is 11.2. The number of rotatable bonds is 5. The summed E-state index contributed by atoms with van der Waals surface area (Å²) < 4.78 is 27.6. The third-order valence-electron chi connectivity index (χ3n) is 2.48. The largest absolute Gasteiger partial charge is 0.448 e. The fourth-order valence-electron chi connectivity index (χ4n) is 1.61. The van der Waals surface area contributed by atoms with Crippen molar-refractivity contribution >= 4 is 21.6 Å². The van der Waals surface area contributed by atoms with E-state index in [9.17, 15) is 8.42 Å². The quantitative estimate of drug-likeness (QED) is 0.882. The number of benzene rings is 1. The van der Waals surface area contributed by atoms with Crippen LogP contribution in [0.25, 0.3) is 0 Å². The molecular weight excluding hydrogens is 288 g/mol. The maximum Gasteiger partial charge on any atom is 0.238 e. The van der Waals surface area contributed by atoms with Crippen LogP contribution in [0, 0.1) is 0 Å². The molecule has 19 heavy (non-hydrogen) atoms. The van der Waals surface area contributed by atoms with Crippen molar-refractivity contribution in [2.75, 3.05) is 0 Å². The van der Waals surface area contributed by atoms with Gasteiger partial charge in [-0.05, 0) is 41.4 Å². The van der Waals surface area contributed by atoms with E-state index in [-0.39, 0.29) is 4.90 Å². The minimum Gasteiger partial charge on any atom is -0.448 e. The molecule has 5 nitrogen and oxygen atoms in total. The highest BCUT2D eigenvalue weighted by molar-refractivity contribution is 7.89. The minimum atomic E-state index is -3.66. The maximum absolute atomic E-state index is 11.2. The van der Waals surface area contributed by atoms with Gasteiger partial charge in [0.15, 0.2) is 5.22 Å². The molecule has 0 spiro atoms. The number of halogens is 1. The molecular formula is C12H13ClN2O3S. The first kappa shape index (κ1) is 14.1. The molecule has 0 bridgehead atoms. The molecule has 2 rings (SSSR count). The van der Waals surface area contributed by atoms with E-state index in [2.05, 4.69) is 5.32 Å². The summed E-state index contributed by atoms with van der Waals surface area (Å²) in [7, 11) is -3.66. The van der Waals surface area contributed by atoms with E-state index in [1.165, 1.54) is 12.1 Å². The predicted molar refractivity (Wildman–Crippen MR) is 72.1 cm³/mol. The predicted octanol–water partition coefficient (Wildman–Crippen LogP) is 1.87. The van der Waals surface area contributed by atoms with E-state index in [4.69, 9.17) is 21.2 Å². The van der Waals surface area contributed by atoms with E-state index in [1.54, 1.807) is 18.2 Å². The number of nitrogens with two attached hydrogens (primary N) is 1. The Morgan fingerprint density at radius 2 is 2.00 bits per heavy atom. The van der Waals surface area contributed by atoms with Crippen LogP contribution >= 0.6 is 11.6 Å². The molecule has 0 aliphatic rings. The Labute approximate surface area is 116 Å². The lowest BCUT2D eigenvalue weighted by atomic mass is 10.2.